The van der Waals surface area contributed by atoms with Crippen LogP contribution in [0, 0.1) is 0 Å². The van der Waals surface area contributed by atoms with Crippen molar-refractivity contribution < 1.29 is 9.90 Å². The number of imidazole rings is 1. The van der Waals surface area contributed by atoms with E-state index < -0.39 is 5.97 Å². The Labute approximate surface area is 215 Å². The van der Waals surface area contributed by atoms with Gasteiger partial charge in [0.15, 0.2) is 0 Å². The second kappa shape index (κ2) is 9.14. The van der Waals surface area contributed by atoms with Crippen LogP contribution in [0.5, 0.6) is 0 Å². The van der Waals surface area contributed by atoms with Gasteiger partial charge in [-0.2, -0.15) is 4.68 Å². The average molecular weight is 514 g/mol. The zero-order chi connectivity index (χ0) is 25.5. The fourth-order valence-corrected chi connectivity index (χ4v) is 5.02. The van der Waals surface area contributed by atoms with Gasteiger partial charge in [0.2, 0.25) is 0 Å². The fourth-order valence-electron chi connectivity index (χ4n) is 4.85. The highest BCUT2D eigenvalue weighted by Crippen LogP contribution is 2.34. The molecule has 1 atom stereocenters. The molecule has 0 spiro atoms. The number of benzene rings is 2. The summed E-state index contributed by atoms with van der Waals surface area (Å²) in [5, 5.41) is 20.9. The number of rotatable bonds is 6. The van der Waals surface area contributed by atoms with Gasteiger partial charge >= 0.3 is 5.97 Å². The monoisotopic (exact) mass is 513 g/mol. The van der Waals surface area contributed by atoms with Gasteiger partial charge in [-0.3, -0.25) is 9.59 Å². The second-order valence-electron chi connectivity index (χ2n) is 8.86. The number of aromatic amines is 1. The summed E-state index contributed by atoms with van der Waals surface area (Å²) in [4.78, 5) is 32.2. The molecule has 10 nitrogen and oxygen atoms in total. The Balaban J connectivity index is 1.32. The molecule has 0 fully saturated rings. The maximum Gasteiger partial charge on any atom is 0.307 e. The Morgan fingerprint density at radius 2 is 1.95 bits per heavy atom. The van der Waals surface area contributed by atoms with Crippen LogP contribution in [-0.2, 0) is 17.6 Å². The van der Waals surface area contributed by atoms with Crippen LogP contribution in [0.4, 0.5) is 0 Å². The number of nitrogens with one attached hydrogen (secondary N) is 1. The standard InChI is InChI=1S/C26H20ClN7O3/c27-18-5-7-22(33-14-29-31-32-33)20(12-18)17-10-19-6-8-23(34(19)24(35)11-17)26-28-13-21(30-26)16-3-1-15(2-4-16)9-25(36)37/h1-5,7,10-14,23H,6,8-9H2,(H,28,30)(H,36,37). The Hall–Kier alpha value is -4.57. The first kappa shape index (κ1) is 22.9. The Morgan fingerprint density at radius 1 is 1.11 bits per heavy atom. The highest BCUT2D eigenvalue weighted by molar-refractivity contribution is 6.31. The molecule has 1 aliphatic rings. The molecular formula is C26H20ClN7O3. The van der Waals surface area contributed by atoms with Crippen molar-refractivity contribution in [3.8, 4) is 28.1 Å². The van der Waals surface area contributed by atoms with E-state index in [4.69, 9.17) is 16.7 Å². The van der Waals surface area contributed by atoms with Crippen LogP contribution in [0.25, 0.3) is 28.1 Å². The lowest BCUT2D eigenvalue weighted by Gasteiger charge is -2.15. The molecule has 6 rings (SSSR count). The third-order valence-electron chi connectivity index (χ3n) is 6.53. The highest BCUT2D eigenvalue weighted by Gasteiger charge is 2.28. The molecule has 1 unspecified atom stereocenters. The van der Waals surface area contributed by atoms with E-state index in [0.29, 0.717) is 17.3 Å². The Morgan fingerprint density at radius 3 is 2.70 bits per heavy atom. The minimum absolute atomic E-state index is 0.0231. The van der Waals surface area contributed by atoms with E-state index >= 15 is 0 Å². The molecule has 5 aromatic rings. The van der Waals surface area contributed by atoms with E-state index in [1.54, 1.807) is 41.1 Å². The lowest BCUT2D eigenvalue weighted by molar-refractivity contribution is -0.136. The highest BCUT2D eigenvalue weighted by atomic mass is 35.5. The van der Waals surface area contributed by atoms with Gasteiger partial charge in [0.25, 0.3) is 5.56 Å². The summed E-state index contributed by atoms with van der Waals surface area (Å²) < 4.78 is 3.32. The summed E-state index contributed by atoms with van der Waals surface area (Å²) in [5.74, 6) is -0.164. The molecule has 0 aliphatic carbocycles. The number of halogens is 1. The van der Waals surface area contributed by atoms with Gasteiger partial charge in [0.1, 0.15) is 12.2 Å². The van der Waals surface area contributed by atoms with E-state index in [9.17, 15) is 9.59 Å². The van der Waals surface area contributed by atoms with Gasteiger partial charge in [0, 0.05) is 22.3 Å². The third-order valence-corrected chi connectivity index (χ3v) is 6.77. The number of aryl methyl sites for hydroxylation is 1. The number of carboxylic acids is 1. The molecular weight excluding hydrogens is 494 g/mol. The number of pyridine rings is 1. The predicted molar refractivity (Wildman–Crippen MR) is 136 cm³/mol. The molecule has 2 aromatic carbocycles. The van der Waals surface area contributed by atoms with Gasteiger partial charge < -0.3 is 14.7 Å². The quantitative estimate of drug-likeness (QED) is 0.354. The number of carboxylic acid groups (broad SMARTS) is 1. The van der Waals surface area contributed by atoms with Crippen molar-refractivity contribution in [1.82, 2.24) is 34.7 Å². The van der Waals surface area contributed by atoms with Gasteiger partial charge in [-0.15, -0.1) is 5.10 Å². The summed E-state index contributed by atoms with van der Waals surface area (Å²) in [5.41, 5.74) is 5.43. The van der Waals surface area contributed by atoms with Gasteiger partial charge in [-0.25, -0.2) is 4.98 Å². The van der Waals surface area contributed by atoms with Crippen LogP contribution < -0.4 is 5.56 Å². The van der Waals surface area contributed by atoms with E-state index in [2.05, 4.69) is 25.5 Å². The van der Waals surface area contributed by atoms with E-state index in [1.807, 2.05) is 24.3 Å². The maximum atomic E-state index is 13.4. The van der Waals surface area contributed by atoms with Crippen molar-refractivity contribution in [3.05, 3.63) is 99.6 Å². The number of carbonyl (C=O) groups is 1. The summed E-state index contributed by atoms with van der Waals surface area (Å²) in [7, 11) is 0. The first-order chi connectivity index (χ1) is 18.0. The molecule has 0 saturated carbocycles. The number of hydrogen-bond acceptors (Lipinski definition) is 6. The number of fused-ring (bicyclic) bond motifs is 1. The number of nitrogens with zero attached hydrogens (tertiary/aromatic N) is 6. The van der Waals surface area contributed by atoms with Crippen molar-refractivity contribution in [2.75, 3.05) is 0 Å². The van der Waals surface area contributed by atoms with Crippen molar-refractivity contribution in [1.29, 1.82) is 0 Å². The second-order valence-corrected chi connectivity index (χ2v) is 9.30. The number of aromatic nitrogens is 7. The topological polar surface area (TPSA) is 132 Å². The molecule has 4 heterocycles. The van der Waals surface area contributed by atoms with Crippen LogP contribution >= 0.6 is 11.6 Å². The lowest BCUT2D eigenvalue weighted by Crippen LogP contribution is -2.23. The summed E-state index contributed by atoms with van der Waals surface area (Å²) in [6, 6.07) is 16.1. The molecule has 1 aliphatic heterocycles. The molecule has 2 N–H and O–H groups in total. The van der Waals surface area contributed by atoms with Gasteiger partial charge in [-0.1, -0.05) is 35.9 Å². The molecule has 0 saturated heterocycles. The lowest BCUT2D eigenvalue weighted by atomic mass is 10.0. The van der Waals surface area contributed by atoms with Crippen LogP contribution in [0.2, 0.25) is 5.02 Å². The molecule has 11 heteroatoms. The van der Waals surface area contributed by atoms with Crippen LogP contribution in [0.3, 0.4) is 0 Å². The van der Waals surface area contributed by atoms with Crippen LogP contribution in [0.1, 0.15) is 29.5 Å². The molecule has 37 heavy (non-hydrogen) atoms. The molecule has 0 radical (unpaired) electrons. The first-order valence-electron chi connectivity index (χ1n) is 11.6. The van der Waals surface area contributed by atoms with Crippen molar-refractivity contribution in [2.24, 2.45) is 0 Å². The summed E-state index contributed by atoms with van der Waals surface area (Å²) in [6.07, 6.45) is 4.66. The van der Waals surface area contributed by atoms with E-state index in [-0.39, 0.29) is 18.0 Å². The fraction of sp³-hybridized carbons (Fsp3) is 0.154. The first-order valence-corrected chi connectivity index (χ1v) is 12.0. The number of hydrogen-bond donors (Lipinski definition) is 2. The number of tetrazole rings is 1. The SMILES string of the molecule is O=C(O)Cc1ccc(-c2cnc(C3CCc4cc(-c5cc(Cl)ccc5-n5cnnn5)cc(=O)n43)[nH]2)cc1. The molecule has 184 valence electrons. The number of H-pyrrole nitrogens is 1. The predicted octanol–water partition coefficient (Wildman–Crippen LogP) is 3.70. The minimum atomic E-state index is -0.868. The van der Waals surface area contributed by atoms with Crippen LogP contribution in [0.15, 0.2) is 71.9 Å². The van der Waals surface area contributed by atoms with Crippen molar-refractivity contribution >= 4 is 17.6 Å². The van der Waals surface area contributed by atoms with Crippen molar-refractivity contribution in [2.45, 2.75) is 25.3 Å². The largest absolute Gasteiger partial charge is 0.481 e. The average Bonchev–Trinajstić information content (AvgIpc) is 3.65. The Bertz CT molecular complexity index is 1670. The summed E-state index contributed by atoms with van der Waals surface area (Å²) >= 11 is 6.29. The minimum Gasteiger partial charge on any atom is -0.481 e. The van der Waals surface area contributed by atoms with E-state index in [0.717, 1.165) is 45.7 Å². The zero-order valence-electron chi connectivity index (χ0n) is 19.4. The third kappa shape index (κ3) is 4.31. The summed E-state index contributed by atoms with van der Waals surface area (Å²) in [6.45, 7) is 0. The van der Waals surface area contributed by atoms with Crippen LogP contribution in [-0.4, -0.2) is 45.8 Å². The van der Waals surface area contributed by atoms with Crippen molar-refractivity contribution in [3.63, 3.8) is 0 Å². The van der Waals surface area contributed by atoms with Gasteiger partial charge in [-0.05, 0) is 64.2 Å². The van der Waals surface area contributed by atoms with Gasteiger partial charge in [0.05, 0.1) is 30.0 Å². The Kier molecular flexibility index (Phi) is 5.65. The maximum absolute atomic E-state index is 13.4. The number of aliphatic carboxylic acids is 1. The normalized spacial score (nSPS) is 14.6. The zero-order valence-corrected chi connectivity index (χ0v) is 20.1. The molecule has 0 bridgehead atoms. The molecule has 3 aromatic heterocycles. The smallest absolute Gasteiger partial charge is 0.307 e. The van der Waals surface area contributed by atoms with E-state index in [1.165, 1.54) is 11.0 Å². The molecule has 0 amide bonds.